The first-order chi connectivity index (χ1) is 17.6. The number of aromatic nitrogens is 2. The van der Waals surface area contributed by atoms with Gasteiger partial charge in [-0.1, -0.05) is 54.1 Å². The van der Waals surface area contributed by atoms with Gasteiger partial charge in [0.1, 0.15) is 11.4 Å². The molecule has 7 heteroatoms. The number of rotatable bonds is 7. The van der Waals surface area contributed by atoms with Crippen molar-refractivity contribution in [1.29, 1.82) is 0 Å². The number of benzene rings is 4. The molecule has 1 amide bonds. The molecule has 0 fully saturated rings. The molecule has 5 rings (SSSR count). The molecule has 36 heavy (non-hydrogen) atoms. The first kappa shape index (κ1) is 23.2. The summed E-state index contributed by atoms with van der Waals surface area (Å²) < 4.78 is 7.10. The van der Waals surface area contributed by atoms with E-state index in [9.17, 15) is 4.79 Å². The number of ether oxygens (including phenoxy) is 1. The maximum absolute atomic E-state index is 13.4. The van der Waals surface area contributed by atoms with Crippen molar-refractivity contribution in [2.24, 2.45) is 0 Å². The molecule has 2 N–H and O–H groups in total. The molecule has 1 heterocycles. The average molecular weight is 495 g/mol. The molecule has 0 aliphatic carbocycles. The normalized spacial score (nSPS) is 10.6. The second kappa shape index (κ2) is 10.4. The summed E-state index contributed by atoms with van der Waals surface area (Å²) in [5.74, 6) is 0.493. The minimum absolute atomic E-state index is 0.257. The number of para-hydroxylation sites is 3. The zero-order valence-corrected chi connectivity index (χ0v) is 20.2. The van der Waals surface area contributed by atoms with Crippen LogP contribution in [-0.2, 0) is 0 Å². The molecule has 0 saturated heterocycles. The van der Waals surface area contributed by atoms with Crippen LogP contribution in [0.25, 0.3) is 16.9 Å². The molecule has 1 aromatic heterocycles. The first-order valence-electron chi connectivity index (χ1n) is 11.3. The molecule has 0 atom stereocenters. The van der Waals surface area contributed by atoms with Gasteiger partial charge in [0.05, 0.1) is 24.0 Å². The van der Waals surface area contributed by atoms with Crippen molar-refractivity contribution in [2.45, 2.75) is 0 Å². The van der Waals surface area contributed by atoms with E-state index in [-0.39, 0.29) is 5.91 Å². The monoisotopic (exact) mass is 494 g/mol. The average Bonchev–Trinajstić information content (AvgIpc) is 3.37. The van der Waals surface area contributed by atoms with Gasteiger partial charge in [-0.2, -0.15) is 5.10 Å². The number of methoxy groups -OCH3 is 1. The van der Waals surface area contributed by atoms with Crippen LogP contribution in [0.3, 0.4) is 0 Å². The van der Waals surface area contributed by atoms with Crippen molar-refractivity contribution in [3.63, 3.8) is 0 Å². The third-order valence-electron chi connectivity index (χ3n) is 5.63. The van der Waals surface area contributed by atoms with Crippen LogP contribution in [0.2, 0.25) is 5.02 Å². The maximum atomic E-state index is 13.4. The van der Waals surface area contributed by atoms with Gasteiger partial charge >= 0.3 is 0 Å². The van der Waals surface area contributed by atoms with Gasteiger partial charge in [-0.25, -0.2) is 4.68 Å². The molecule has 0 saturated carbocycles. The van der Waals surface area contributed by atoms with Crippen LogP contribution in [-0.4, -0.2) is 22.8 Å². The third kappa shape index (κ3) is 5.09. The topological polar surface area (TPSA) is 68.2 Å². The van der Waals surface area contributed by atoms with Gasteiger partial charge in [0.15, 0.2) is 0 Å². The summed E-state index contributed by atoms with van der Waals surface area (Å²) >= 11 is 6.07. The number of anilines is 3. The van der Waals surface area contributed by atoms with Gasteiger partial charge < -0.3 is 15.4 Å². The van der Waals surface area contributed by atoms with Gasteiger partial charge in [-0.15, -0.1) is 0 Å². The van der Waals surface area contributed by atoms with Gasteiger partial charge in [0, 0.05) is 28.2 Å². The minimum Gasteiger partial charge on any atom is -0.495 e. The molecule has 5 aromatic rings. The number of carbonyl (C=O) groups excluding carboxylic acids is 1. The van der Waals surface area contributed by atoms with Crippen molar-refractivity contribution in [1.82, 2.24) is 9.78 Å². The summed E-state index contributed by atoms with van der Waals surface area (Å²) in [6.07, 6.45) is 1.74. The van der Waals surface area contributed by atoms with Crippen molar-refractivity contribution >= 4 is 34.6 Å². The Hall–Kier alpha value is -4.55. The van der Waals surface area contributed by atoms with Gasteiger partial charge in [-0.05, 0) is 60.7 Å². The number of carbonyl (C=O) groups is 1. The predicted molar refractivity (Wildman–Crippen MR) is 145 cm³/mol. The third-order valence-corrected chi connectivity index (χ3v) is 5.88. The standard InChI is InChI=1S/C29H23ClN4O2/c1-36-27-10-6-5-9-26(27)31-22-15-17-23(18-16-22)32-29(35)25-19-34(24-7-3-2-4-8-24)33-28(25)20-11-13-21(30)14-12-20/h2-19,31H,1H3,(H,32,35). The second-order valence-corrected chi connectivity index (χ2v) is 8.47. The number of amides is 1. The van der Waals surface area contributed by atoms with E-state index < -0.39 is 0 Å². The van der Waals surface area contributed by atoms with E-state index in [4.69, 9.17) is 21.4 Å². The van der Waals surface area contributed by atoms with Gasteiger partial charge in [0.2, 0.25) is 0 Å². The summed E-state index contributed by atoms with van der Waals surface area (Å²) in [6, 6.07) is 32.1. The maximum Gasteiger partial charge on any atom is 0.259 e. The van der Waals surface area contributed by atoms with E-state index in [1.54, 1.807) is 30.1 Å². The molecule has 0 aliphatic rings. The van der Waals surface area contributed by atoms with Crippen LogP contribution < -0.4 is 15.4 Å². The minimum atomic E-state index is -0.257. The molecule has 0 radical (unpaired) electrons. The molecule has 4 aromatic carbocycles. The Balaban J connectivity index is 1.40. The number of hydrogen-bond acceptors (Lipinski definition) is 4. The summed E-state index contributed by atoms with van der Waals surface area (Å²) in [6.45, 7) is 0. The highest BCUT2D eigenvalue weighted by Crippen LogP contribution is 2.29. The fourth-order valence-corrected chi connectivity index (χ4v) is 3.94. The SMILES string of the molecule is COc1ccccc1Nc1ccc(NC(=O)c2cn(-c3ccccc3)nc2-c2ccc(Cl)cc2)cc1. The molecule has 0 aliphatic heterocycles. The van der Waals surface area contributed by atoms with Gasteiger partial charge in [0.25, 0.3) is 5.91 Å². The lowest BCUT2D eigenvalue weighted by Crippen LogP contribution is -2.12. The summed E-state index contributed by atoms with van der Waals surface area (Å²) in [5.41, 5.74) is 5.09. The Morgan fingerprint density at radius 3 is 2.22 bits per heavy atom. The van der Waals surface area contributed by atoms with Crippen molar-refractivity contribution < 1.29 is 9.53 Å². The number of nitrogens with zero attached hydrogens (tertiary/aromatic N) is 2. The van der Waals surface area contributed by atoms with Crippen LogP contribution in [0, 0.1) is 0 Å². The van der Waals surface area contributed by atoms with Crippen LogP contribution in [0.1, 0.15) is 10.4 Å². The molecule has 0 spiro atoms. The second-order valence-electron chi connectivity index (χ2n) is 8.04. The summed E-state index contributed by atoms with van der Waals surface area (Å²) in [5, 5.41) is 11.6. The molecule has 0 bridgehead atoms. The van der Waals surface area contributed by atoms with Crippen molar-refractivity contribution in [2.75, 3.05) is 17.7 Å². The van der Waals surface area contributed by atoms with E-state index in [1.807, 2.05) is 91.0 Å². The molecule has 0 unspecified atom stereocenters. The van der Waals surface area contributed by atoms with E-state index in [0.29, 0.717) is 22.0 Å². The van der Waals surface area contributed by atoms with E-state index in [2.05, 4.69) is 10.6 Å². The van der Waals surface area contributed by atoms with E-state index in [0.717, 1.165) is 28.4 Å². The summed E-state index contributed by atoms with van der Waals surface area (Å²) in [7, 11) is 1.64. The fraction of sp³-hybridized carbons (Fsp3) is 0.0345. The largest absolute Gasteiger partial charge is 0.495 e. The van der Waals surface area contributed by atoms with Crippen molar-refractivity contribution in [3.05, 3.63) is 120 Å². The Labute approximate surface area is 214 Å². The fourth-order valence-electron chi connectivity index (χ4n) is 3.81. The van der Waals surface area contributed by atoms with Crippen LogP contribution in [0.4, 0.5) is 17.1 Å². The first-order valence-corrected chi connectivity index (χ1v) is 11.7. The van der Waals surface area contributed by atoms with Crippen molar-refractivity contribution in [3.8, 4) is 22.7 Å². The Kier molecular flexibility index (Phi) is 6.69. The smallest absolute Gasteiger partial charge is 0.259 e. The molecular weight excluding hydrogens is 472 g/mol. The highest BCUT2D eigenvalue weighted by molar-refractivity contribution is 6.30. The number of halogens is 1. The van der Waals surface area contributed by atoms with Crippen LogP contribution in [0.5, 0.6) is 5.75 Å². The van der Waals surface area contributed by atoms with E-state index >= 15 is 0 Å². The molecular formula is C29H23ClN4O2. The number of nitrogens with one attached hydrogen (secondary N) is 2. The summed E-state index contributed by atoms with van der Waals surface area (Å²) in [4.78, 5) is 13.4. The van der Waals surface area contributed by atoms with Crippen LogP contribution >= 0.6 is 11.6 Å². The lowest BCUT2D eigenvalue weighted by atomic mass is 10.1. The zero-order chi connectivity index (χ0) is 24.9. The number of hydrogen-bond donors (Lipinski definition) is 2. The molecule has 6 nitrogen and oxygen atoms in total. The van der Waals surface area contributed by atoms with Crippen LogP contribution in [0.15, 0.2) is 109 Å². The molecule has 178 valence electrons. The highest BCUT2D eigenvalue weighted by Gasteiger charge is 2.19. The highest BCUT2D eigenvalue weighted by atomic mass is 35.5. The van der Waals surface area contributed by atoms with E-state index in [1.165, 1.54) is 0 Å². The lowest BCUT2D eigenvalue weighted by Gasteiger charge is -2.11. The quantitative estimate of drug-likeness (QED) is 0.251. The Bertz CT molecular complexity index is 1480. The predicted octanol–water partition coefficient (Wildman–Crippen LogP) is 7.20. The zero-order valence-electron chi connectivity index (χ0n) is 19.5. The Morgan fingerprint density at radius 2 is 1.50 bits per heavy atom. The lowest BCUT2D eigenvalue weighted by molar-refractivity contribution is 0.102. The van der Waals surface area contributed by atoms with Gasteiger partial charge in [-0.3, -0.25) is 4.79 Å². The Morgan fingerprint density at radius 1 is 0.833 bits per heavy atom.